The summed E-state index contributed by atoms with van der Waals surface area (Å²) in [5, 5.41) is 12.9. The first-order valence-electron chi connectivity index (χ1n) is 6.47. The quantitative estimate of drug-likeness (QED) is 0.886. The van der Waals surface area contributed by atoms with Gasteiger partial charge in [0.2, 0.25) is 0 Å². The van der Waals surface area contributed by atoms with Crippen LogP contribution in [0.4, 0.5) is 0 Å². The molecule has 1 N–H and O–H groups in total. The monoisotopic (exact) mass is 283 g/mol. The summed E-state index contributed by atoms with van der Waals surface area (Å²) in [6, 6.07) is 0.0374. The molecule has 0 radical (unpaired) electrons. The molecule has 1 aliphatic rings. The fourth-order valence-electron chi connectivity index (χ4n) is 2.46. The lowest BCUT2D eigenvalue weighted by atomic mass is 10.2. The number of hydrogen-bond acceptors (Lipinski definition) is 5. The molecule has 1 aromatic heterocycles. The molecule has 0 aromatic carbocycles. The van der Waals surface area contributed by atoms with Gasteiger partial charge in [-0.3, -0.25) is 9.59 Å². The summed E-state index contributed by atoms with van der Waals surface area (Å²) in [6.07, 6.45) is 4.49. The molecule has 0 saturated heterocycles. The Balaban J connectivity index is 2.21. The summed E-state index contributed by atoms with van der Waals surface area (Å²) in [6.45, 7) is 1.66. The number of carbonyl (C=O) groups excluding carboxylic acids is 1. The zero-order valence-electron chi connectivity index (χ0n) is 10.8. The maximum atomic E-state index is 12.5. The van der Waals surface area contributed by atoms with E-state index in [-0.39, 0.29) is 18.5 Å². The third kappa shape index (κ3) is 3.09. The molecule has 2 rings (SSSR count). The Labute approximate surface area is 115 Å². The minimum atomic E-state index is -0.976. The van der Waals surface area contributed by atoms with Crippen molar-refractivity contribution in [1.29, 1.82) is 0 Å². The first-order chi connectivity index (χ1) is 9.13. The normalized spacial score (nSPS) is 15.6. The van der Waals surface area contributed by atoms with Crippen molar-refractivity contribution in [2.45, 2.75) is 45.1 Å². The van der Waals surface area contributed by atoms with E-state index in [1.807, 2.05) is 6.92 Å². The number of hydrogen-bond donors (Lipinski definition) is 1. The predicted octanol–water partition coefficient (Wildman–Crippen LogP) is 1.57. The van der Waals surface area contributed by atoms with Crippen molar-refractivity contribution in [3.05, 3.63) is 10.6 Å². The molecule has 1 heterocycles. The van der Waals surface area contributed by atoms with Crippen LogP contribution < -0.4 is 0 Å². The standard InChI is InChI=1S/C12H17N3O3S/c1-2-9-11(19-14-13-9)12(18)15(7-10(16)17)8-5-3-4-6-8/h8H,2-7H2,1H3,(H,16,17). The number of nitrogens with zero attached hydrogens (tertiary/aromatic N) is 3. The molecular weight excluding hydrogens is 266 g/mol. The number of carboxylic acids is 1. The number of carboxylic acid groups (broad SMARTS) is 1. The summed E-state index contributed by atoms with van der Waals surface area (Å²) in [5.41, 5.74) is 0.656. The highest BCUT2D eigenvalue weighted by atomic mass is 32.1. The van der Waals surface area contributed by atoms with Gasteiger partial charge in [0, 0.05) is 6.04 Å². The molecule has 1 aromatic rings. The van der Waals surface area contributed by atoms with Crippen LogP contribution in [0.3, 0.4) is 0 Å². The highest BCUT2D eigenvalue weighted by molar-refractivity contribution is 7.08. The van der Waals surface area contributed by atoms with Gasteiger partial charge in [0.15, 0.2) is 0 Å². The summed E-state index contributed by atoms with van der Waals surface area (Å²) in [7, 11) is 0. The van der Waals surface area contributed by atoms with Gasteiger partial charge in [-0.25, -0.2) is 0 Å². The van der Waals surface area contributed by atoms with Crippen LogP contribution in [-0.2, 0) is 11.2 Å². The van der Waals surface area contributed by atoms with Crippen LogP contribution in [-0.4, -0.2) is 44.1 Å². The van der Waals surface area contributed by atoms with E-state index in [0.717, 1.165) is 37.2 Å². The molecule has 0 bridgehead atoms. The Morgan fingerprint density at radius 3 is 2.68 bits per heavy atom. The Bertz CT molecular complexity index is 469. The van der Waals surface area contributed by atoms with Gasteiger partial charge in [-0.05, 0) is 30.8 Å². The van der Waals surface area contributed by atoms with Crippen LogP contribution in [0.1, 0.15) is 48.0 Å². The van der Waals surface area contributed by atoms with Crippen LogP contribution in [0.2, 0.25) is 0 Å². The molecule has 0 aliphatic heterocycles. The van der Waals surface area contributed by atoms with Gasteiger partial charge in [-0.15, -0.1) is 5.10 Å². The van der Waals surface area contributed by atoms with Gasteiger partial charge >= 0.3 is 5.97 Å². The van der Waals surface area contributed by atoms with Gasteiger partial charge in [0.1, 0.15) is 11.4 Å². The lowest BCUT2D eigenvalue weighted by Crippen LogP contribution is -2.42. The summed E-state index contributed by atoms with van der Waals surface area (Å²) < 4.78 is 3.80. The van der Waals surface area contributed by atoms with Crippen molar-refractivity contribution >= 4 is 23.4 Å². The van der Waals surface area contributed by atoms with Crippen LogP contribution in [0.5, 0.6) is 0 Å². The molecule has 7 heteroatoms. The van der Waals surface area contributed by atoms with Crippen molar-refractivity contribution in [1.82, 2.24) is 14.5 Å². The Hall–Kier alpha value is -1.50. The second-order valence-corrected chi connectivity index (χ2v) is 5.42. The van der Waals surface area contributed by atoms with E-state index < -0.39 is 5.97 Å². The molecule has 1 saturated carbocycles. The maximum Gasteiger partial charge on any atom is 0.323 e. The van der Waals surface area contributed by atoms with Crippen LogP contribution in [0.25, 0.3) is 0 Å². The molecule has 1 aliphatic carbocycles. The molecule has 1 amide bonds. The lowest BCUT2D eigenvalue weighted by molar-refractivity contribution is -0.138. The number of carbonyl (C=O) groups is 2. The van der Waals surface area contributed by atoms with Crippen molar-refractivity contribution < 1.29 is 14.7 Å². The highest BCUT2D eigenvalue weighted by Gasteiger charge is 2.31. The first-order valence-corrected chi connectivity index (χ1v) is 7.24. The minimum absolute atomic E-state index is 0.0374. The zero-order valence-corrected chi connectivity index (χ0v) is 11.7. The molecule has 0 spiro atoms. The van der Waals surface area contributed by atoms with Gasteiger partial charge in [0.25, 0.3) is 5.91 Å². The van der Waals surface area contributed by atoms with Crippen LogP contribution in [0, 0.1) is 0 Å². The first kappa shape index (κ1) is 13.9. The third-order valence-corrected chi connectivity index (χ3v) is 4.17. The van der Waals surface area contributed by atoms with E-state index >= 15 is 0 Å². The van der Waals surface area contributed by atoms with E-state index in [1.165, 1.54) is 4.90 Å². The minimum Gasteiger partial charge on any atom is -0.480 e. The summed E-state index contributed by atoms with van der Waals surface area (Å²) in [5.74, 6) is -1.21. The van der Waals surface area contributed by atoms with Crippen LogP contribution >= 0.6 is 11.5 Å². The topological polar surface area (TPSA) is 83.4 Å². The molecule has 104 valence electrons. The number of aromatic nitrogens is 2. The Morgan fingerprint density at radius 2 is 2.11 bits per heavy atom. The molecule has 6 nitrogen and oxygen atoms in total. The predicted molar refractivity (Wildman–Crippen MR) is 70.2 cm³/mol. The fraction of sp³-hybridized carbons (Fsp3) is 0.667. The van der Waals surface area contributed by atoms with E-state index in [4.69, 9.17) is 5.11 Å². The van der Waals surface area contributed by atoms with Crippen molar-refractivity contribution in [3.8, 4) is 0 Å². The van der Waals surface area contributed by atoms with E-state index in [1.54, 1.807) is 0 Å². The van der Waals surface area contributed by atoms with E-state index in [0.29, 0.717) is 17.0 Å². The van der Waals surface area contributed by atoms with Crippen molar-refractivity contribution in [3.63, 3.8) is 0 Å². The average molecular weight is 283 g/mol. The fourth-order valence-corrected chi connectivity index (χ4v) is 3.17. The lowest BCUT2D eigenvalue weighted by Gasteiger charge is -2.26. The van der Waals surface area contributed by atoms with Gasteiger partial charge in [-0.2, -0.15) is 0 Å². The SMILES string of the molecule is CCc1nnsc1C(=O)N(CC(=O)O)C1CCCC1. The number of rotatable bonds is 5. The molecule has 1 fully saturated rings. The Kier molecular flexibility index (Phi) is 4.47. The maximum absolute atomic E-state index is 12.5. The summed E-state index contributed by atoms with van der Waals surface area (Å²) >= 11 is 1.05. The van der Waals surface area contributed by atoms with Gasteiger partial charge in [-0.1, -0.05) is 24.3 Å². The zero-order chi connectivity index (χ0) is 13.8. The number of aliphatic carboxylic acids is 1. The highest BCUT2D eigenvalue weighted by Crippen LogP contribution is 2.26. The molecule has 0 unspecified atom stereocenters. The van der Waals surface area contributed by atoms with Crippen molar-refractivity contribution in [2.24, 2.45) is 0 Å². The van der Waals surface area contributed by atoms with Crippen molar-refractivity contribution in [2.75, 3.05) is 6.54 Å². The number of amides is 1. The molecule has 0 atom stereocenters. The summed E-state index contributed by atoms with van der Waals surface area (Å²) in [4.78, 5) is 25.4. The van der Waals surface area contributed by atoms with E-state index in [2.05, 4.69) is 9.59 Å². The van der Waals surface area contributed by atoms with Gasteiger partial charge < -0.3 is 10.0 Å². The largest absolute Gasteiger partial charge is 0.480 e. The van der Waals surface area contributed by atoms with Crippen LogP contribution in [0.15, 0.2) is 0 Å². The smallest absolute Gasteiger partial charge is 0.323 e. The van der Waals surface area contributed by atoms with E-state index in [9.17, 15) is 9.59 Å². The molecular formula is C12H17N3O3S. The second-order valence-electron chi connectivity index (χ2n) is 4.67. The Morgan fingerprint density at radius 1 is 1.42 bits per heavy atom. The second kappa shape index (κ2) is 6.10. The average Bonchev–Trinajstić information content (AvgIpc) is 3.05. The van der Waals surface area contributed by atoms with Gasteiger partial charge in [0.05, 0.1) is 5.69 Å². The molecule has 19 heavy (non-hydrogen) atoms. The number of aryl methyl sites for hydroxylation is 1. The third-order valence-electron chi connectivity index (χ3n) is 3.42.